The molecule has 3 rings (SSSR count). The zero-order valence-electron chi connectivity index (χ0n) is 11.2. The largest absolute Gasteiger partial charge is 0.497 e. The minimum atomic E-state index is 0.155. The molecule has 2 heteroatoms. The fourth-order valence-electron chi connectivity index (χ4n) is 3.01. The Morgan fingerprint density at radius 1 is 1.16 bits per heavy atom. The van der Waals surface area contributed by atoms with Crippen molar-refractivity contribution in [3.63, 3.8) is 0 Å². The lowest BCUT2D eigenvalue weighted by molar-refractivity contribution is 0.412. The first-order valence-electron chi connectivity index (χ1n) is 6.74. The van der Waals surface area contributed by atoms with E-state index in [-0.39, 0.29) is 6.04 Å². The molecule has 98 valence electrons. The maximum absolute atomic E-state index is 6.38. The van der Waals surface area contributed by atoms with Crippen molar-refractivity contribution in [2.45, 2.75) is 18.9 Å². The van der Waals surface area contributed by atoms with Gasteiger partial charge in [-0.15, -0.1) is 0 Å². The average Bonchev–Trinajstić information content (AvgIpc) is 2.76. The molecule has 0 aromatic heterocycles. The fourth-order valence-corrected chi connectivity index (χ4v) is 3.01. The molecule has 0 fully saturated rings. The maximum Gasteiger partial charge on any atom is 0.119 e. The Morgan fingerprint density at radius 2 is 2.00 bits per heavy atom. The van der Waals surface area contributed by atoms with E-state index in [1.807, 2.05) is 12.1 Å². The summed E-state index contributed by atoms with van der Waals surface area (Å²) in [6, 6.07) is 17.0. The number of benzene rings is 2. The zero-order chi connectivity index (χ0) is 13.2. The second-order valence-electron chi connectivity index (χ2n) is 5.24. The standard InChI is InChI=1S/C17H19NO/c1-19-15-7-4-5-12(10-15)9-14-11-13-6-2-3-8-16(13)17(14)18/h2-8,10,14,17H,9,11,18H2,1H3. The summed E-state index contributed by atoms with van der Waals surface area (Å²) in [5, 5.41) is 0. The van der Waals surface area contributed by atoms with Gasteiger partial charge in [-0.25, -0.2) is 0 Å². The van der Waals surface area contributed by atoms with E-state index in [0.717, 1.165) is 18.6 Å². The minimum Gasteiger partial charge on any atom is -0.497 e. The van der Waals surface area contributed by atoms with Gasteiger partial charge in [0.2, 0.25) is 0 Å². The van der Waals surface area contributed by atoms with Gasteiger partial charge in [0, 0.05) is 6.04 Å². The van der Waals surface area contributed by atoms with Gasteiger partial charge >= 0.3 is 0 Å². The SMILES string of the molecule is COc1cccc(CC2Cc3ccccc3C2N)c1. The van der Waals surface area contributed by atoms with Crippen LogP contribution >= 0.6 is 0 Å². The highest BCUT2D eigenvalue weighted by Gasteiger charge is 2.29. The first-order valence-corrected chi connectivity index (χ1v) is 6.74. The summed E-state index contributed by atoms with van der Waals surface area (Å²) < 4.78 is 5.28. The number of hydrogen-bond donors (Lipinski definition) is 1. The summed E-state index contributed by atoms with van der Waals surface area (Å²) in [7, 11) is 1.70. The Kier molecular flexibility index (Phi) is 3.26. The van der Waals surface area contributed by atoms with Crippen molar-refractivity contribution < 1.29 is 4.74 Å². The molecule has 1 aliphatic rings. The Bertz CT molecular complexity index is 579. The van der Waals surface area contributed by atoms with Crippen molar-refractivity contribution in [2.75, 3.05) is 7.11 Å². The van der Waals surface area contributed by atoms with Crippen molar-refractivity contribution in [1.82, 2.24) is 0 Å². The highest BCUT2D eigenvalue weighted by atomic mass is 16.5. The molecule has 19 heavy (non-hydrogen) atoms. The lowest BCUT2D eigenvalue weighted by Crippen LogP contribution is -2.18. The van der Waals surface area contributed by atoms with E-state index in [1.165, 1.54) is 16.7 Å². The van der Waals surface area contributed by atoms with E-state index in [9.17, 15) is 0 Å². The Hall–Kier alpha value is -1.80. The van der Waals surface area contributed by atoms with Crippen molar-refractivity contribution in [3.8, 4) is 5.75 Å². The summed E-state index contributed by atoms with van der Waals surface area (Å²) in [4.78, 5) is 0. The summed E-state index contributed by atoms with van der Waals surface area (Å²) in [5.74, 6) is 1.41. The normalized spacial score (nSPS) is 21.2. The fraction of sp³-hybridized carbons (Fsp3) is 0.294. The Labute approximate surface area is 114 Å². The molecule has 0 saturated heterocycles. The quantitative estimate of drug-likeness (QED) is 0.912. The van der Waals surface area contributed by atoms with Crippen LogP contribution in [0.3, 0.4) is 0 Å². The number of methoxy groups -OCH3 is 1. The van der Waals surface area contributed by atoms with Gasteiger partial charge in [-0.05, 0) is 47.6 Å². The molecule has 2 aromatic rings. The monoisotopic (exact) mass is 253 g/mol. The van der Waals surface area contributed by atoms with Crippen LogP contribution < -0.4 is 10.5 Å². The molecule has 2 unspecified atom stereocenters. The van der Waals surface area contributed by atoms with Crippen LogP contribution in [-0.4, -0.2) is 7.11 Å². The van der Waals surface area contributed by atoms with Crippen LogP contribution in [-0.2, 0) is 12.8 Å². The van der Waals surface area contributed by atoms with Gasteiger partial charge in [-0.2, -0.15) is 0 Å². The highest BCUT2D eigenvalue weighted by Crippen LogP contribution is 2.36. The topological polar surface area (TPSA) is 35.2 Å². The van der Waals surface area contributed by atoms with Crippen LogP contribution in [0.2, 0.25) is 0 Å². The van der Waals surface area contributed by atoms with E-state index in [4.69, 9.17) is 10.5 Å². The summed E-state index contributed by atoms with van der Waals surface area (Å²) >= 11 is 0. The van der Waals surface area contributed by atoms with Crippen LogP contribution in [0.4, 0.5) is 0 Å². The number of fused-ring (bicyclic) bond motifs is 1. The lowest BCUT2D eigenvalue weighted by atomic mass is 9.93. The summed E-state index contributed by atoms with van der Waals surface area (Å²) in [6.45, 7) is 0. The third-order valence-corrected chi connectivity index (χ3v) is 4.04. The average molecular weight is 253 g/mol. The molecule has 0 amide bonds. The molecule has 2 aromatic carbocycles. The maximum atomic E-state index is 6.38. The first kappa shape index (κ1) is 12.2. The molecular formula is C17H19NO. The molecular weight excluding hydrogens is 234 g/mol. The van der Waals surface area contributed by atoms with Crippen LogP contribution in [0.1, 0.15) is 22.7 Å². The van der Waals surface area contributed by atoms with Crippen molar-refractivity contribution in [3.05, 3.63) is 65.2 Å². The summed E-state index contributed by atoms with van der Waals surface area (Å²) in [5.41, 5.74) is 10.4. The van der Waals surface area contributed by atoms with Crippen LogP contribution in [0.5, 0.6) is 5.75 Å². The second-order valence-corrected chi connectivity index (χ2v) is 5.24. The molecule has 0 aliphatic heterocycles. The molecule has 0 radical (unpaired) electrons. The highest BCUT2D eigenvalue weighted by molar-refractivity contribution is 5.37. The van der Waals surface area contributed by atoms with Gasteiger partial charge in [0.15, 0.2) is 0 Å². The molecule has 1 aliphatic carbocycles. The number of nitrogens with two attached hydrogens (primary N) is 1. The lowest BCUT2D eigenvalue weighted by Gasteiger charge is -2.16. The second kappa shape index (κ2) is 5.06. The van der Waals surface area contributed by atoms with E-state index in [2.05, 4.69) is 36.4 Å². The number of rotatable bonds is 3. The van der Waals surface area contributed by atoms with Crippen molar-refractivity contribution >= 4 is 0 Å². The molecule has 0 heterocycles. The van der Waals surface area contributed by atoms with Gasteiger partial charge in [0.1, 0.15) is 5.75 Å². The van der Waals surface area contributed by atoms with Crippen molar-refractivity contribution in [1.29, 1.82) is 0 Å². The molecule has 0 spiro atoms. The predicted octanol–water partition coefficient (Wildman–Crippen LogP) is 3.11. The smallest absolute Gasteiger partial charge is 0.119 e. The van der Waals surface area contributed by atoms with Gasteiger partial charge in [-0.3, -0.25) is 0 Å². The predicted molar refractivity (Wildman–Crippen MR) is 77.3 cm³/mol. The Balaban J connectivity index is 1.79. The minimum absolute atomic E-state index is 0.155. The number of hydrogen-bond acceptors (Lipinski definition) is 2. The van der Waals surface area contributed by atoms with Crippen LogP contribution in [0, 0.1) is 5.92 Å². The number of ether oxygens (including phenoxy) is 1. The molecule has 0 bridgehead atoms. The van der Waals surface area contributed by atoms with Gasteiger partial charge in [0.05, 0.1) is 7.11 Å². The third kappa shape index (κ3) is 2.36. The zero-order valence-corrected chi connectivity index (χ0v) is 11.2. The van der Waals surface area contributed by atoms with E-state index in [1.54, 1.807) is 7.11 Å². The third-order valence-electron chi connectivity index (χ3n) is 4.04. The van der Waals surface area contributed by atoms with Gasteiger partial charge < -0.3 is 10.5 Å². The van der Waals surface area contributed by atoms with E-state index < -0.39 is 0 Å². The van der Waals surface area contributed by atoms with Crippen molar-refractivity contribution in [2.24, 2.45) is 11.7 Å². The molecule has 2 N–H and O–H groups in total. The van der Waals surface area contributed by atoms with Gasteiger partial charge in [0.25, 0.3) is 0 Å². The molecule has 0 saturated carbocycles. The molecule has 2 nitrogen and oxygen atoms in total. The van der Waals surface area contributed by atoms with Gasteiger partial charge in [-0.1, -0.05) is 36.4 Å². The first-order chi connectivity index (χ1) is 9.28. The summed E-state index contributed by atoms with van der Waals surface area (Å²) in [6.07, 6.45) is 2.08. The molecule has 2 atom stereocenters. The van der Waals surface area contributed by atoms with E-state index in [0.29, 0.717) is 5.92 Å². The van der Waals surface area contributed by atoms with E-state index >= 15 is 0 Å². The van der Waals surface area contributed by atoms with Crippen LogP contribution in [0.15, 0.2) is 48.5 Å². The van der Waals surface area contributed by atoms with Crippen LogP contribution in [0.25, 0.3) is 0 Å². The Morgan fingerprint density at radius 3 is 2.79 bits per heavy atom.